The summed E-state index contributed by atoms with van der Waals surface area (Å²) in [5, 5.41) is 15.1. The molecule has 1 saturated heterocycles. The van der Waals surface area contributed by atoms with Crippen LogP contribution in [0.1, 0.15) is 41.7 Å². The molecular weight excluding hydrogens is 278 g/mol. The van der Waals surface area contributed by atoms with Crippen LogP contribution in [0, 0.1) is 0 Å². The first kappa shape index (κ1) is 14.9. The van der Waals surface area contributed by atoms with Crippen LogP contribution in [-0.4, -0.2) is 51.6 Å². The molecule has 1 aromatic rings. The molecule has 0 atom stereocenters. The van der Waals surface area contributed by atoms with Crippen molar-refractivity contribution < 1.29 is 14.7 Å². The number of aryl methyl sites for hydroxylation is 1. The minimum atomic E-state index is -0.990. The van der Waals surface area contributed by atoms with Crippen LogP contribution in [-0.2, 0) is 11.2 Å². The molecule has 1 fully saturated rings. The Kier molecular flexibility index (Phi) is 5.08. The molecule has 1 aromatic heterocycles. The predicted octanol–water partition coefficient (Wildman–Crippen LogP) is 1.63. The molecular formula is C13H19N3O3S. The number of carboxylic acids is 1. The van der Waals surface area contributed by atoms with E-state index in [0.29, 0.717) is 19.4 Å². The molecule has 2 rings (SSSR count). The summed E-state index contributed by atoms with van der Waals surface area (Å²) in [5.74, 6) is -0.806. The van der Waals surface area contributed by atoms with Crippen molar-refractivity contribution in [3.8, 4) is 0 Å². The van der Waals surface area contributed by atoms with E-state index in [9.17, 15) is 9.59 Å². The number of nitrogens with zero attached hydrogens (tertiary/aromatic N) is 3. The minimum Gasteiger partial charge on any atom is -0.476 e. The molecule has 1 N–H and O–H groups in total. The van der Waals surface area contributed by atoms with Crippen LogP contribution in [0.4, 0.5) is 0 Å². The Morgan fingerprint density at radius 2 is 2.35 bits per heavy atom. The lowest BCUT2D eigenvalue weighted by Crippen LogP contribution is -2.50. The van der Waals surface area contributed by atoms with Crippen molar-refractivity contribution in [3.05, 3.63) is 16.1 Å². The monoisotopic (exact) mass is 297 g/mol. The molecule has 110 valence electrons. The number of hydrogen-bond donors (Lipinski definition) is 1. The zero-order valence-electron chi connectivity index (χ0n) is 11.5. The Labute approximate surface area is 122 Å². The summed E-state index contributed by atoms with van der Waals surface area (Å²) in [7, 11) is 0. The van der Waals surface area contributed by atoms with Gasteiger partial charge in [-0.05, 0) is 12.8 Å². The summed E-state index contributed by atoms with van der Waals surface area (Å²) in [6, 6.07) is 0. The van der Waals surface area contributed by atoms with Gasteiger partial charge in [0.2, 0.25) is 5.91 Å². The molecule has 0 bridgehead atoms. The summed E-state index contributed by atoms with van der Waals surface area (Å²) in [4.78, 5) is 26.7. The normalized spacial score (nSPS) is 16.6. The SMILES string of the molecule is CCN1CCCC(=O)N1CCCc1nc(C(=O)O)cs1. The molecule has 1 amide bonds. The van der Waals surface area contributed by atoms with E-state index in [-0.39, 0.29) is 11.6 Å². The van der Waals surface area contributed by atoms with Gasteiger partial charge in [0.15, 0.2) is 5.69 Å². The number of hydrazine groups is 1. The van der Waals surface area contributed by atoms with E-state index in [0.717, 1.165) is 30.9 Å². The number of carboxylic acid groups (broad SMARTS) is 1. The van der Waals surface area contributed by atoms with Gasteiger partial charge in [0, 0.05) is 37.9 Å². The number of amides is 1. The van der Waals surface area contributed by atoms with Crippen molar-refractivity contribution in [2.45, 2.75) is 32.6 Å². The lowest BCUT2D eigenvalue weighted by molar-refractivity contribution is -0.155. The van der Waals surface area contributed by atoms with Gasteiger partial charge in [-0.15, -0.1) is 11.3 Å². The number of hydrogen-bond acceptors (Lipinski definition) is 5. The van der Waals surface area contributed by atoms with Gasteiger partial charge < -0.3 is 5.11 Å². The summed E-state index contributed by atoms with van der Waals surface area (Å²) in [5.41, 5.74) is 0.106. The zero-order chi connectivity index (χ0) is 14.5. The number of carbonyl (C=O) groups excluding carboxylic acids is 1. The van der Waals surface area contributed by atoms with E-state index in [1.54, 1.807) is 5.38 Å². The smallest absolute Gasteiger partial charge is 0.355 e. The molecule has 1 aliphatic heterocycles. The van der Waals surface area contributed by atoms with E-state index >= 15 is 0 Å². The second-order valence-electron chi connectivity index (χ2n) is 4.70. The minimum absolute atomic E-state index is 0.106. The number of rotatable bonds is 6. The third kappa shape index (κ3) is 3.55. The summed E-state index contributed by atoms with van der Waals surface area (Å²) in [6.07, 6.45) is 3.06. The second kappa shape index (κ2) is 6.81. The molecule has 0 saturated carbocycles. The van der Waals surface area contributed by atoms with Crippen LogP contribution in [0.5, 0.6) is 0 Å². The molecule has 7 heteroatoms. The lowest BCUT2D eigenvalue weighted by atomic mass is 10.2. The number of aromatic nitrogens is 1. The number of carbonyl (C=O) groups is 2. The Balaban J connectivity index is 1.84. The van der Waals surface area contributed by atoms with Gasteiger partial charge in [0.25, 0.3) is 0 Å². The van der Waals surface area contributed by atoms with Crippen LogP contribution in [0.3, 0.4) is 0 Å². The van der Waals surface area contributed by atoms with Gasteiger partial charge in [-0.1, -0.05) is 6.92 Å². The molecule has 20 heavy (non-hydrogen) atoms. The third-order valence-corrected chi connectivity index (χ3v) is 4.24. The molecule has 2 heterocycles. The highest BCUT2D eigenvalue weighted by Gasteiger charge is 2.24. The zero-order valence-corrected chi connectivity index (χ0v) is 12.4. The Morgan fingerprint density at radius 1 is 1.55 bits per heavy atom. The largest absolute Gasteiger partial charge is 0.476 e. The van der Waals surface area contributed by atoms with Crippen molar-refractivity contribution >= 4 is 23.2 Å². The molecule has 0 aliphatic carbocycles. The van der Waals surface area contributed by atoms with Crippen molar-refractivity contribution in [3.63, 3.8) is 0 Å². The Morgan fingerprint density at radius 3 is 3.00 bits per heavy atom. The van der Waals surface area contributed by atoms with E-state index in [4.69, 9.17) is 5.11 Å². The van der Waals surface area contributed by atoms with Crippen molar-refractivity contribution in [1.82, 2.24) is 15.0 Å². The van der Waals surface area contributed by atoms with E-state index in [2.05, 4.69) is 9.99 Å². The second-order valence-corrected chi connectivity index (χ2v) is 5.64. The molecule has 0 unspecified atom stereocenters. The summed E-state index contributed by atoms with van der Waals surface area (Å²) >= 11 is 1.36. The molecule has 0 spiro atoms. The highest BCUT2D eigenvalue weighted by Crippen LogP contribution is 2.15. The van der Waals surface area contributed by atoms with E-state index in [1.165, 1.54) is 11.3 Å². The average molecular weight is 297 g/mol. The van der Waals surface area contributed by atoms with Gasteiger partial charge in [0.1, 0.15) is 0 Å². The van der Waals surface area contributed by atoms with Crippen molar-refractivity contribution in [2.24, 2.45) is 0 Å². The quantitative estimate of drug-likeness (QED) is 0.864. The van der Waals surface area contributed by atoms with Gasteiger partial charge in [-0.3, -0.25) is 9.80 Å². The fraction of sp³-hybridized carbons (Fsp3) is 0.615. The topological polar surface area (TPSA) is 73.7 Å². The molecule has 0 aromatic carbocycles. The maximum Gasteiger partial charge on any atom is 0.355 e. The van der Waals surface area contributed by atoms with Gasteiger partial charge in [-0.2, -0.15) is 0 Å². The van der Waals surface area contributed by atoms with Gasteiger partial charge in [-0.25, -0.2) is 14.8 Å². The van der Waals surface area contributed by atoms with Crippen LogP contribution < -0.4 is 0 Å². The lowest BCUT2D eigenvalue weighted by Gasteiger charge is -2.37. The predicted molar refractivity (Wildman–Crippen MR) is 75.6 cm³/mol. The first-order valence-corrected chi connectivity index (χ1v) is 7.72. The van der Waals surface area contributed by atoms with Crippen LogP contribution in [0.2, 0.25) is 0 Å². The number of thiazole rings is 1. The van der Waals surface area contributed by atoms with E-state index < -0.39 is 5.97 Å². The number of aromatic carboxylic acids is 1. The maximum absolute atomic E-state index is 11.9. The summed E-state index contributed by atoms with van der Waals surface area (Å²) in [6.45, 7) is 4.50. The molecule has 0 radical (unpaired) electrons. The van der Waals surface area contributed by atoms with Crippen molar-refractivity contribution in [2.75, 3.05) is 19.6 Å². The fourth-order valence-electron chi connectivity index (χ4n) is 2.32. The fourth-order valence-corrected chi connectivity index (χ4v) is 3.13. The maximum atomic E-state index is 11.9. The Hall–Kier alpha value is -1.47. The standard InChI is InChI=1S/C13H19N3O3S/c1-2-15-7-4-6-12(17)16(15)8-3-5-11-14-10(9-20-11)13(18)19/h9H,2-8H2,1H3,(H,18,19). The summed E-state index contributed by atoms with van der Waals surface area (Å²) < 4.78 is 0. The van der Waals surface area contributed by atoms with Crippen LogP contribution in [0.15, 0.2) is 5.38 Å². The van der Waals surface area contributed by atoms with Gasteiger partial charge in [0.05, 0.1) is 5.01 Å². The molecule has 6 nitrogen and oxygen atoms in total. The van der Waals surface area contributed by atoms with Crippen molar-refractivity contribution in [1.29, 1.82) is 0 Å². The van der Waals surface area contributed by atoms with Crippen LogP contribution in [0.25, 0.3) is 0 Å². The third-order valence-electron chi connectivity index (χ3n) is 3.33. The van der Waals surface area contributed by atoms with Crippen LogP contribution >= 0.6 is 11.3 Å². The average Bonchev–Trinajstić information content (AvgIpc) is 2.89. The first-order chi connectivity index (χ1) is 9.61. The Bertz CT molecular complexity index is 489. The highest BCUT2D eigenvalue weighted by molar-refractivity contribution is 7.09. The van der Waals surface area contributed by atoms with E-state index in [1.807, 2.05) is 11.9 Å². The highest BCUT2D eigenvalue weighted by atomic mass is 32.1. The molecule has 1 aliphatic rings. The first-order valence-electron chi connectivity index (χ1n) is 6.84. The van der Waals surface area contributed by atoms with Gasteiger partial charge >= 0.3 is 5.97 Å².